The molecule has 1 saturated carbocycles. The van der Waals surface area contributed by atoms with Crippen LogP contribution >= 0.6 is 0 Å². The Labute approximate surface area is 230 Å². The molecular weight excluding hydrogens is 475 g/mol. The van der Waals surface area contributed by atoms with Crippen LogP contribution in [-0.2, 0) is 11.2 Å². The highest BCUT2D eigenvalue weighted by molar-refractivity contribution is 5.90. The normalized spacial score (nSPS) is 17.4. The van der Waals surface area contributed by atoms with E-state index in [2.05, 4.69) is 23.8 Å². The van der Waals surface area contributed by atoms with Crippen LogP contribution in [-0.4, -0.2) is 22.0 Å². The van der Waals surface area contributed by atoms with Gasteiger partial charge >= 0.3 is 5.97 Å². The molecule has 0 spiro atoms. The molecule has 5 heteroatoms. The van der Waals surface area contributed by atoms with Crippen molar-refractivity contribution in [1.29, 1.82) is 0 Å². The Balaban J connectivity index is 1.41. The van der Waals surface area contributed by atoms with Crippen molar-refractivity contribution in [3.05, 3.63) is 47.5 Å². The van der Waals surface area contributed by atoms with Crippen LogP contribution in [0, 0.1) is 11.7 Å². The Morgan fingerprint density at radius 1 is 0.842 bits per heavy atom. The monoisotopic (exact) mass is 524 g/mol. The van der Waals surface area contributed by atoms with E-state index >= 15 is 0 Å². The van der Waals surface area contributed by atoms with Crippen molar-refractivity contribution in [1.82, 2.24) is 9.97 Å². The molecule has 1 heterocycles. The Morgan fingerprint density at radius 2 is 1.45 bits per heavy atom. The third-order valence-corrected chi connectivity index (χ3v) is 8.00. The lowest BCUT2D eigenvalue weighted by Gasteiger charge is -2.28. The third-order valence-electron chi connectivity index (χ3n) is 8.00. The van der Waals surface area contributed by atoms with Crippen LogP contribution in [0.3, 0.4) is 0 Å². The van der Waals surface area contributed by atoms with E-state index in [1.165, 1.54) is 89.2 Å². The second-order valence-corrected chi connectivity index (χ2v) is 11.2. The highest BCUT2D eigenvalue weighted by Gasteiger charge is 2.25. The van der Waals surface area contributed by atoms with E-state index in [4.69, 9.17) is 4.74 Å². The summed E-state index contributed by atoms with van der Waals surface area (Å²) in [7, 11) is 0. The first-order valence-corrected chi connectivity index (χ1v) is 15.4. The average Bonchev–Trinajstić information content (AvgIpc) is 2.93. The third kappa shape index (κ3) is 10.5. The van der Waals surface area contributed by atoms with Gasteiger partial charge in [-0.3, -0.25) is 0 Å². The molecule has 1 aliphatic rings. The topological polar surface area (TPSA) is 52.1 Å². The Kier molecular flexibility index (Phi) is 13.8. The van der Waals surface area contributed by atoms with Gasteiger partial charge in [0.25, 0.3) is 0 Å². The van der Waals surface area contributed by atoms with Gasteiger partial charge < -0.3 is 4.74 Å². The molecule has 0 aliphatic heterocycles. The second kappa shape index (κ2) is 17.3. The first-order chi connectivity index (χ1) is 18.6. The summed E-state index contributed by atoms with van der Waals surface area (Å²) in [5.74, 6) is 0.0658. The van der Waals surface area contributed by atoms with E-state index in [0.29, 0.717) is 11.4 Å². The number of ether oxygens (including phenoxy) is 1. The number of carbonyl (C=O) groups is 1. The minimum atomic E-state index is -0.580. The maximum absolute atomic E-state index is 14.9. The van der Waals surface area contributed by atoms with Gasteiger partial charge in [0.1, 0.15) is 11.9 Å². The molecule has 2 aromatic rings. The lowest BCUT2D eigenvalue weighted by Crippen LogP contribution is -2.25. The van der Waals surface area contributed by atoms with Gasteiger partial charge in [0.15, 0.2) is 5.82 Å². The number of halogens is 1. The lowest BCUT2D eigenvalue weighted by atomic mass is 9.84. The van der Waals surface area contributed by atoms with Crippen molar-refractivity contribution in [2.24, 2.45) is 5.92 Å². The van der Waals surface area contributed by atoms with E-state index in [1.807, 2.05) is 12.4 Å². The molecule has 0 atom stereocenters. The van der Waals surface area contributed by atoms with Crippen molar-refractivity contribution in [2.75, 3.05) is 0 Å². The smallest absolute Gasteiger partial charge is 0.341 e. The molecule has 38 heavy (non-hydrogen) atoms. The van der Waals surface area contributed by atoms with Gasteiger partial charge in [-0.1, -0.05) is 97.0 Å². The molecule has 0 N–H and O–H groups in total. The van der Waals surface area contributed by atoms with Crippen LogP contribution in [0.2, 0.25) is 0 Å². The Morgan fingerprint density at radius 3 is 2.08 bits per heavy atom. The van der Waals surface area contributed by atoms with Crippen LogP contribution in [0.4, 0.5) is 4.39 Å². The number of aromatic nitrogens is 2. The number of unbranched alkanes of at least 4 members (excludes halogenated alkanes) is 10. The second-order valence-electron chi connectivity index (χ2n) is 11.2. The summed E-state index contributed by atoms with van der Waals surface area (Å²) < 4.78 is 20.5. The molecule has 1 aliphatic carbocycles. The summed E-state index contributed by atoms with van der Waals surface area (Å²) in [4.78, 5) is 21.6. The predicted octanol–water partition coefficient (Wildman–Crippen LogP) is 9.65. The van der Waals surface area contributed by atoms with Crippen molar-refractivity contribution < 1.29 is 13.9 Å². The van der Waals surface area contributed by atoms with Gasteiger partial charge in [0.05, 0.1) is 5.56 Å². The SMILES string of the molecule is CCCCCCCCCCc1cnc(-c2ccc(C(=O)O[C@H]3CC[C@H](CCCCCC)CC3)c(F)c2)nc1. The largest absolute Gasteiger partial charge is 0.459 e. The fourth-order valence-corrected chi connectivity index (χ4v) is 5.53. The number of esters is 1. The Hall–Kier alpha value is -2.30. The first kappa shape index (κ1) is 30.2. The molecule has 1 fully saturated rings. The highest BCUT2D eigenvalue weighted by Crippen LogP contribution is 2.31. The van der Waals surface area contributed by atoms with E-state index in [0.717, 1.165) is 50.0 Å². The molecule has 0 amide bonds. The lowest BCUT2D eigenvalue weighted by molar-refractivity contribution is 0.0156. The van der Waals surface area contributed by atoms with Gasteiger partial charge in [-0.15, -0.1) is 0 Å². The van der Waals surface area contributed by atoms with E-state index in [1.54, 1.807) is 6.07 Å². The predicted molar refractivity (Wildman–Crippen MR) is 154 cm³/mol. The fourth-order valence-electron chi connectivity index (χ4n) is 5.53. The van der Waals surface area contributed by atoms with Gasteiger partial charge in [-0.2, -0.15) is 0 Å². The maximum atomic E-state index is 14.9. The standard InChI is InChI=1S/C33H49FN2O2/c1-3-5-7-9-10-11-12-14-16-27-24-35-32(36-25-27)28-19-22-30(31(34)23-28)33(37)38-29-20-17-26(18-21-29)15-13-8-6-4-2/h19,22-26,29H,3-18,20-21H2,1-2H3/t26-,29-. The quantitative estimate of drug-likeness (QED) is 0.153. The maximum Gasteiger partial charge on any atom is 0.341 e. The molecule has 1 aromatic heterocycles. The van der Waals surface area contributed by atoms with Gasteiger partial charge in [-0.05, 0) is 62.1 Å². The zero-order chi connectivity index (χ0) is 27.0. The summed E-state index contributed by atoms with van der Waals surface area (Å²) in [6.45, 7) is 4.48. The summed E-state index contributed by atoms with van der Waals surface area (Å²) in [5, 5.41) is 0. The summed E-state index contributed by atoms with van der Waals surface area (Å²) in [6.07, 6.45) is 25.3. The van der Waals surface area contributed by atoms with E-state index in [9.17, 15) is 9.18 Å². The zero-order valence-corrected chi connectivity index (χ0v) is 23.9. The number of hydrogen-bond donors (Lipinski definition) is 0. The first-order valence-electron chi connectivity index (χ1n) is 15.4. The number of nitrogens with zero attached hydrogens (tertiary/aromatic N) is 2. The number of carbonyl (C=O) groups excluding carboxylic acids is 1. The van der Waals surface area contributed by atoms with Gasteiger partial charge in [-0.25, -0.2) is 19.2 Å². The molecule has 210 valence electrons. The molecule has 0 bridgehead atoms. The van der Waals surface area contributed by atoms with Crippen molar-refractivity contribution >= 4 is 5.97 Å². The van der Waals surface area contributed by atoms with Crippen LogP contribution in [0.15, 0.2) is 30.6 Å². The molecule has 0 saturated heterocycles. The van der Waals surface area contributed by atoms with Crippen molar-refractivity contribution in [2.45, 2.75) is 136 Å². The summed E-state index contributed by atoms with van der Waals surface area (Å²) >= 11 is 0. The minimum Gasteiger partial charge on any atom is -0.459 e. The van der Waals surface area contributed by atoms with Gasteiger partial charge in [0.2, 0.25) is 0 Å². The Bertz CT molecular complexity index is 939. The number of benzene rings is 1. The molecular formula is C33H49FN2O2. The summed E-state index contributed by atoms with van der Waals surface area (Å²) in [5.41, 5.74) is 1.67. The van der Waals surface area contributed by atoms with Crippen LogP contribution in [0.25, 0.3) is 11.4 Å². The van der Waals surface area contributed by atoms with Crippen molar-refractivity contribution in [3.63, 3.8) is 0 Å². The molecule has 0 unspecified atom stereocenters. The van der Waals surface area contributed by atoms with E-state index < -0.39 is 11.8 Å². The fraction of sp³-hybridized carbons (Fsp3) is 0.667. The molecule has 4 nitrogen and oxygen atoms in total. The molecule has 3 rings (SSSR count). The average molecular weight is 525 g/mol. The molecule has 1 aromatic carbocycles. The van der Waals surface area contributed by atoms with Crippen LogP contribution in [0.5, 0.6) is 0 Å². The zero-order valence-electron chi connectivity index (χ0n) is 23.9. The minimum absolute atomic E-state index is 0.0123. The van der Waals surface area contributed by atoms with Crippen LogP contribution < -0.4 is 0 Å². The number of rotatable bonds is 17. The number of aryl methyl sites for hydroxylation is 1. The van der Waals surface area contributed by atoms with E-state index in [-0.39, 0.29) is 11.7 Å². The molecule has 0 radical (unpaired) electrons. The highest BCUT2D eigenvalue weighted by atomic mass is 19.1. The van der Waals surface area contributed by atoms with Crippen molar-refractivity contribution in [3.8, 4) is 11.4 Å². The van der Waals surface area contributed by atoms with Crippen LogP contribution in [0.1, 0.15) is 139 Å². The number of hydrogen-bond acceptors (Lipinski definition) is 4. The summed E-state index contributed by atoms with van der Waals surface area (Å²) in [6, 6.07) is 4.56. The van der Waals surface area contributed by atoms with Gasteiger partial charge in [0, 0.05) is 18.0 Å².